The number of nitrogens with zero attached hydrogens (tertiary/aromatic N) is 4. The lowest BCUT2D eigenvalue weighted by atomic mass is 10.0. The Morgan fingerprint density at radius 2 is 1.64 bits per heavy atom. The van der Waals surface area contributed by atoms with Crippen molar-refractivity contribution in [2.24, 2.45) is 0 Å². The quantitative estimate of drug-likeness (QED) is 0.792. The zero-order chi connectivity index (χ0) is 18.0. The zero-order valence-corrected chi connectivity index (χ0v) is 15.0. The van der Waals surface area contributed by atoms with E-state index in [0.29, 0.717) is 12.5 Å². The van der Waals surface area contributed by atoms with Gasteiger partial charge in [-0.1, -0.05) is 30.0 Å². The van der Waals surface area contributed by atoms with Gasteiger partial charge in [-0.15, -0.1) is 0 Å². The van der Waals surface area contributed by atoms with Gasteiger partial charge in [0, 0.05) is 24.0 Å². The molecule has 1 aliphatic heterocycles. The highest BCUT2D eigenvalue weighted by Gasteiger charge is 2.45. The molecule has 2 amide bonds. The molecule has 2 aromatic rings. The van der Waals surface area contributed by atoms with Gasteiger partial charge in [0.2, 0.25) is 5.95 Å². The molecule has 3 rings (SSSR count). The Kier molecular flexibility index (Phi) is 4.45. The molecule has 5 nitrogen and oxygen atoms in total. The highest BCUT2D eigenvalue weighted by atomic mass is 16.2. The van der Waals surface area contributed by atoms with Crippen LogP contribution < -0.4 is 4.90 Å². The van der Waals surface area contributed by atoms with Gasteiger partial charge in [0.25, 0.3) is 0 Å². The highest BCUT2D eigenvalue weighted by molar-refractivity contribution is 5.93. The minimum atomic E-state index is -0.250. The molecule has 0 unspecified atom stereocenters. The highest BCUT2D eigenvalue weighted by Crippen LogP contribution is 2.30. The lowest BCUT2D eigenvalue weighted by Gasteiger charge is -2.32. The molecule has 0 saturated carbocycles. The van der Waals surface area contributed by atoms with E-state index in [4.69, 9.17) is 0 Å². The Morgan fingerprint density at radius 3 is 2.20 bits per heavy atom. The fourth-order valence-corrected chi connectivity index (χ4v) is 3.19. The molecule has 0 atom stereocenters. The molecule has 25 heavy (non-hydrogen) atoms. The molecule has 0 bridgehead atoms. The van der Waals surface area contributed by atoms with Gasteiger partial charge in [0.05, 0.1) is 17.6 Å². The summed E-state index contributed by atoms with van der Waals surface area (Å²) in [6, 6.07) is 9.83. The zero-order valence-electron chi connectivity index (χ0n) is 15.0. The van der Waals surface area contributed by atoms with Gasteiger partial charge in [-0.25, -0.2) is 14.8 Å². The van der Waals surface area contributed by atoms with Crippen molar-refractivity contribution in [2.45, 2.75) is 39.3 Å². The van der Waals surface area contributed by atoms with Gasteiger partial charge in [-0.3, -0.25) is 4.90 Å². The van der Waals surface area contributed by atoms with Crippen molar-refractivity contribution in [3.8, 4) is 11.8 Å². The number of hydrogen-bond donors (Lipinski definition) is 0. The van der Waals surface area contributed by atoms with E-state index in [2.05, 4.69) is 35.7 Å². The van der Waals surface area contributed by atoms with Crippen molar-refractivity contribution in [2.75, 3.05) is 11.4 Å². The van der Waals surface area contributed by atoms with Gasteiger partial charge in [0.15, 0.2) is 0 Å². The number of rotatable bonds is 2. The van der Waals surface area contributed by atoms with Gasteiger partial charge in [-0.2, -0.15) is 0 Å². The van der Waals surface area contributed by atoms with E-state index in [9.17, 15) is 4.79 Å². The van der Waals surface area contributed by atoms with Crippen LogP contribution in [0.5, 0.6) is 0 Å². The number of carbonyl (C=O) groups excluding carboxylic acids is 1. The Bertz CT molecular complexity index is 816. The van der Waals surface area contributed by atoms with Gasteiger partial charge in [0.1, 0.15) is 0 Å². The summed E-state index contributed by atoms with van der Waals surface area (Å²) in [5.74, 6) is 6.54. The summed E-state index contributed by atoms with van der Waals surface area (Å²) >= 11 is 0. The van der Waals surface area contributed by atoms with E-state index in [-0.39, 0.29) is 17.6 Å². The van der Waals surface area contributed by atoms with Crippen LogP contribution >= 0.6 is 0 Å². The maximum Gasteiger partial charge on any atom is 0.327 e. The molecule has 128 valence electrons. The second-order valence-electron chi connectivity index (χ2n) is 7.03. The molecular formula is C20H22N4O. The van der Waals surface area contributed by atoms with Crippen molar-refractivity contribution in [3.05, 3.63) is 53.9 Å². The number of carbonyl (C=O) groups is 1. The average molecular weight is 334 g/mol. The number of hydrogen-bond acceptors (Lipinski definition) is 3. The van der Waals surface area contributed by atoms with Crippen LogP contribution in [-0.2, 0) is 0 Å². The number of benzene rings is 1. The topological polar surface area (TPSA) is 49.3 Å². The lowest BCUT2D eigenvalue weighted by molar-refractivity contribution is 0.152. The fraction of sp³-hybridized carbons (Fsp3) is 0.350. The van der Waals surface area contributed by atoms with Crippen molar-refractivity contribution >= 4 is 12.0 Å². The summed E-state index contributed by atoms with van der Waals surface area (Å²) < 4.78 is 0. The molecule has 1 aromatic carbocycles. The Hall–Kier alpha value is -2.87. The fourth-order valence-electron chi connectivity index (χ4n) is 3.19. The Labute approximate surface area is 148 Å². The monoisotopic (exact) mass is 334 g/mol. The summed E-state index contributed by atoms with van der Waals surface area (Å²) in [4.78, 5) is 24.9. The van der Waals surface area contributed by atoms with Crippen LogP contribution in [0.1, 0.15) is 38.8 Å². The minimum Gasteiger partial charge on any atom is -0.315 e. The van der Waals surface area contributed by atoms with Crippen LogP contribution in [0.15, 0.2) is 42.7 Å². The molecular weight excluding hydrogens is 312 g/mol. The van der Waals surface area contributed by atoms with Gasteiger partial charge >= 0.3 is 6.03 Å². The molecule has 0 spiro atoms. The summed E-state index contributed by atoms with van der Waals surface area (Å²) in [5, 5.41) is 0. The molecule has 1 aromatic heterocycles. The SMILES string of the molecule is CC(C)N1C(=O)N(c2ncc(C#Cc3ccccc3)cn2)CC1(C)C. The third-order valence-corrected chi connectivity index (χ3v) is 4.16. The third kappa shape index (κ3) is 3.48. The Balaban J connectivity index is 1.80. The molecule has 1 fully saturated rings. The van der Waals surface area contributed by atoms with Crippen LogP contribution in [0.3, 0.4) is 0 Å². The van der Waals surface area contributed by atoms with E-state index in [1.54, 1.807) is 17.3 Å². The normalized spacial score (nSPS) is 16.1. The molecule has 0 radical (unpaired) electrons. The number of aromatic nitrogens is 2. The van der Waals surface area contributed by atoms with E-state index in [0.717, 1.165) is 11.1 Å². The van der Waals surface area contributed by atoms with Crippen molar-refractivity contribution in [1.82, 2.24) is 14.9 Å². The maximum absolute atomic E-state index is 12.7. The number of anilines is 1. The molecule has 0 N–H and O–H groups in total. The number of amides is 2. The predicted molar refractivity (Wildman–Crippen MR) is 98.3 cm³/mol. The van der Waals surface area contributed by atoms with E-state index in [1.165, 1.54) is 0 Å². The predicted octanol–water partition coefficient (Wildman–Crippen LogP) is 3.31. The minimum absolute atomic E-state index is 0.0527. The maximum atomic E-state index is 12.7. The second kappa shape index (κ2) is 6.56. The van der Waals surface area contributed by atoms with Crippen LogP contribution in [0.4, 0.5) is 10.7 Å². The third-order valence-electron chi connectivity index (χ3n) is 4.16. The van der Waals surface area contributed by atoms with Gasteiger partial charge < -0.3 is 4.90 Å². The standard InChI is InChI=1S/C20H22N4O/c1-15(2)24-19(25)23(14-20(24,3)4)18-21-12-17(13-22-18)11-10-16-8-6-5-7-9-16/h5-9,12-13,15H,14H2,1-4H3. The first kappa shape index (κ1) is 17.0. The largest absolute Gasteiger partial charge is 0.327 e. The van der Waals surface area contributed by atoms with Crippen molar-refractivity contribution in [1.29, 1.82) is 0 Å². The first-order valence-corrected chi connectivity index (χ1v) is 8.38. The molecule has 2 heterocycles. The van der Waals surface area contributed by atoms with E-state index >= 15 is 0 Å². The second-order valence-corrected chi connectivity index (χ2v) is 7.03. The average Bonchev–Trinajstić information content (AvgIpc) is 2.83. The molecule has 5 heteroatoms. The summed E-state index contributed by atoms with van der Waals surface area (Å²) in [6.07, 6.45) is 3.33. The van der Waals surface area contributed by atoms with Gasteiger partial charge in [-0.05, 0) is 39.8 Å². The van der Waals surface area contributed by atoms with Crippen LogP contribution in [0.25, 0.3) is 0 Å². The molecule has 1 saturated heterocycles. The molecule has 1 aliphatic rings. The van der Waals surface area contributed by atoms with Crippen LogP contribution in [0, 0.1) is 11.8 Å². The van der Waals surface area contributed by atoms with Crippen LogP contribution in [0.2, 0.25) is 0 Å². The van der Waals surface area contributed by atoms with E-state index < -0.39 is 0 Å². The van der Waals surface area contributed by atoms with Crippen molar-refractivity contribution in [3.63, 3.8) is 0 Å². The smallest absolute Gasteiger partial charge is 0.315 e. The summed E-state index contributed by atoms with van der Waals surface area (Å²) in [7, 11) is 0. The Morgan fingerprint density at radius 1 is 1.04 bits per heavy atom. The lowest BCUT2D eigenvalue weighted by Crippen LogP contribution is -2.46. The molecule has 0 aliphatic carbocycles. The van der Waals surface area contributed by atoms with E-state index in [1.807, 2.05) is 49.1 Å². The van der Waals surface area contributed by atoms with Crippen LogP contribution in [-0.4, -0.2) is 39.0 Å². The first-order valence-electron chi connectivity index (χ1n) is 8.38. The first-order chi connectivity index (χ1) is 11.9. The summed E-state index contributed by atoms with van der Waals surface area (Å²) in [5.41, 5.74) is 1.41. The number of urea groups is 1. The summed E-state index contributed by atoms with van der Waals surface area (Å²) in [6.45, 7) is 8.73. The van der Waals surface area contributed by atoms with Crippen molar-refractivity contribution < 1.29 is 4.79 Å².